The van der Waals surface area contributed by atoms with E-state index in [-0.39, 0.29) is 5.78 Å². The Hall–Kier alpha value is -2.62. The number of rotatable bonds is 4. The lowest BCUT2D eigenvalue weighted by molar-refractivity contribution is 0.102. The summed E-state index contributed by atoms with van der Waals surface area (Å²) in [6.07, 6.45) is 3.37. The normalized spacial score (nSPS) is 11.6. The number of aromatic nitrogens is 2. The van der Waals surface area contributed by atoms with Crippen LogP contribution in [-0.2, 0) is 6.54 Å². The molecule has 4 nitrogen and oxygen atoms in total. The fourth-order valence-corrected chi connectivity index (χ4v) is 2.60. The molecule has 0 atom stereocenters. The average molecular weight is 294 g/mol. The summed E-state index contributed by atoms with van der Waals surface area (Å²) >= 11 is 0. The number of allylic oxidation sites excluding steroid dienone is 1. The lowest BCUT2D eigenvalue weighted by atomic mass is 10.1. The Morgan fingerprint density at radius 3 is 2.77 bits per heavy atom. The molecule has 2 aromatic heterocycles. The van der Waals surface area contributed by atoms with Crippen LogP contribution in [0.1, 0.15) is 34.4 Å². The third-order valence-corrected chi connectivity index (χ3v) is 3.81. The number of benzene rings is 1. The number of fused-ring (bicyclic) bond motifs is 1. The minimum absolute atomic E-state index is 0.140. The Balaban J connectivity index is 1.89. The molecule has 0 aliphatic heterocycles. The van der Waals surface area contributed by atoms with Crippen molar-refractivity contribution < 1.29 is 9.21 Å². The predicted molar refractivity (Wildman–Crippen MR) is 87.0 cm³/mol. The van der Waals surface area contributed by atoms with Gasteiger partial charge < -0.3 is 4.42 Å². The molecule has 0 bridgehead atoms. The average Bonchev–Trinajstić information content (AvgIpc) is 3.06. The molecule has 112 valence electrons. The fraction of sp³-hybridized carbons (Fsp3) is 0.222. The van der Waals surface area contributed by atoms with Crippen LogP contribution in [0.4, 0.5) is 0 Å². The summed E-state index contributed by atoms with van der Waals surface area (Å²) in [7, 11) is 0. The number of hydrogen-bond acceptors (Lipinski definition) is 3. The SMILES string of the molecule is CCn1nc(C)c(C=CC(=O)c2cc3ccccc3o2)c1C. The van der Waals surface area contributed by atoms with Crippen LogP contribution in [0.25, 0.3) is 17.0 Å². The van der Waals surface area contributed by atoms with E-state index in [1.807, 2.05) is 55.8 Å². The van der Waals surface area contributed by atoms with E-state index in [4.69, 9.17) is 4.42 Å². The number of furan rings is 1. The first-order valence-electron chi connectivity index (χ1n) is 7.35. The van der Waals surface area contributed by atoms with Crippen molar-refractivity contribution in [1.82, 2.24) is 9.78 Å². The second kappa shape index (κ2) is 5.64. The summed E-state index contributed by atoms with van der Waals surface area (Å²) in [5, 5.41) is 5.38. The minimum atomic E-state index is -0.140. The summed E-state index contributed by atoms with van der Waals surface area (Å²) in [4.78, 5) is 12.3. The van der Waals surface area contributed by atoms with Gasteiger partial charge in [-0.3, -0.25) is 9.48 Å². The molecule has 0 fully saturated rings. The second-order valence-corrected chi connectivity index (χ2v) is 5.25. The van der Waals surface area contributed by atoms with Crippen molar-refractivity contribution in [3.63, 3.8) is 0 Å². The highest BCUT2D eigenvalue weighted by Gasteiger charge is 2.11. The van der Waals surface area contributed by atoms with Crippen LogP contribution in [-0.4, -0.2) is 15.6 Å². The van der Waals surface area contributed by atoms with Crippen molar-refractivity contribution in [3.8, 4) is 0 Å². The Morgan fingerprint density at radius 2 is 2.09 bits per heavy atom. The van der Waals surface area contributed by atoms with Gasteiger partial charge in [0.05, 0.1) is 5.69 Å². The number of carbonyl (C=O) groups is 1. The highest BCUT2D eigenvalue weighted by Crippen LogP contribution is 2.20. The van der Waals surface area contributed by atoms with E-state index in [0.717, 1.165) is 34.5 Å². The summed E-state index contributed by atoms with van der Waals surface area (Å²) in [6.45, 7) is 6.82. The molecule has 3 aromatic rings. The molecule has 2 heterocycles. The van der Waals surface area contributed by atoms with Crippen molar-refractivity contribution >= 4 is 22.8 Å². The zero-order chi connectivity index (χ0) is 15.7. The third-order valence-electron chi connectivity index (χ3n) is 3.81. The number of carbonyl (C=O) groups excluding carboxylic acids is 1. The number of hydrogen-bond donors (Lipinski definition) is 0. The summed E-state index contributed by atoms with van der Waals surface area (Å²) < 4.78 is 7.51. The Bertz CT molecular complexity index is 835. The molecule has 4 heteroatoms. The molecule has 0 aliphatic rings. The van der Waals surface area contributed by atoms with Gasteiger partial charge in [-0.2, -0.15) is 5.10 Å². The minimum Gasteiger partial charge on any atom is -0.453 e. The zero-order valence-electron chi connectivity index (χ0n) is 13.0. The van der Waals surface area contributed by atoms with Crippen LogP contribution in [0.2, 0.25) is 0 Å². The van der Waals surface area contributed by atoms with Crippen LogP contribution in [0.15, 0.2) is 40.8 Å². The smallest absolute Gasteiger partial charge is 0.221 e. The molecule has 22 heavy (non-hydrogen) atoms. The van der Waals surface area contributed by atoms with Crippen LogP contribution in [0, 0.1) is 13.8 Å². The highest BCUT2D eigenvalue weighted by atomic mass is 16.3. The van der Waals surface area contributed by atoms with Gasteiger partial charge in [0.15, 0.2) is 5.76 Å². The monoisotopic (exact) mass is 294 g/mol. The van der Waals surface area contributed by atoms with Crippen molar-refractivity contribution in [2.24, 2.45) is 0 Å². The molecule has 1 aromatic carbocycles. The van der Waals surface area contributed by atoms with Crippen molar-refractivity contribution in [1.29, 1.82) is 0 Å². The van der Waals surface area contributed by atoms with Crippen LogP contribution in [0.5, 0.6) is 0 Å². The molecule has 0 amide bonds. The first-order chi connectivity index (χ1) is 10.6. The fourth-order valence-electron chi connectivity index (χ4n) is 2.60. The van der Waals surface area contributed by atoms with Crippen LogP contribution < -0.4 is 0 Å². The van der Waals surface area contributed by atoms with Crippen LogP contribution >= 0.6 is 0 Å². The van der Waals surface area contributed by atoms with Gasteiger partial charge in [0, 0.05) is 23.2 Å². The molecule has 0 saturated carbocycles. The van der Waals surface area contributed by atoms with E-state index in [2.05, 4.69) is 5.10 Å². The van der Waals surface area contributed by atoms with Gasteiger partial charge in [-0.25, -0.2) is 0 Å². The molecule has 3 rings (SSSR count). The second-order valence-electron chi connectivity index (χ2n) is 5.25. The summed E-state index contributed by atoms with van der Waals surface area (Å²) in [5.74, 6) is 0.217. The molecule has 0 radical (unpaired) electrons. The van der Waals surface area contributed by atoms with E-state index >= 15 is 0 Å². The standard InChI is InChI=1S/C18H18N2O2/c1-4-20-13(3)15(12(2)19-20)9-10-16(21)18-11-14-7-5-6-8-17(14)22-18/h5-11H,4H2,1-3H3. The first-order valence-corrected chi connectivity index (χ1v) is 7.35. The van der Waals surface area contributed by atoms with Crippen molar-refractivity contribution in [2.75, 3.05) is 0 Å². The first kappa shape index (κ1) is 14.3. The van der Waals surface area contributed by atoms with E-state index in [0.29, 0.717) is 5.76 Å². The third kappa shape index (κ3) is 2.48. The maximum absolute atomic E-state index is 12.3. The lowest BCUT2D eigenvalue weighted by Crippen LogP contribution is -1.98. The highest BCUT2D eigenvalue weighted by molar-refractivity contribution is 6.07. The molecule has 0 spiro atoms. The van der Waals surface area contributed by atoms with Gasteiger partial charge in [-0.1, -0.05) is 18.2 Å². The van der Waals surface area contributed by atoms with Gasteiger partial charge in [-0.15, -0.1) is 0 Å². The molecule has 0 aliphatic carbocycles. The summed E-state index contributed by atoms with van der Waals surface area (Å²) in [6, 6.07) is 9.38. The van der Waals surface area contributed by atoms with Gasteiger partial charge in [0.25, 0.3) is 0 Å². The maximum atomic E-state index is 12.3. The van der Waals surface area contributed by atoms with E-state index in [1.54, 1.807) is 12.1 Å². The largest absolute Gasteiger partial charge is 0.453 e. The van der Waals surface area contributed by atoms with Crippen molar-refractivity contribution in [2.45, 2.75) is 27.3 Å². The Labute approximate surface area is 129 Å². The van der Waals surface area contributed by atoms with Gasteiger partial charge in [0.2, 0.25) is 5.78 Å². The molecular formula is C18H18N2O2. The van der Waals surface area contributed by atoms with Gasteiger partial charge in [0.1, 0.15) is 5.58 Å². The summed E-state index contributed by atoms with van der Waals surface area (Å²) in [5.41, 5.74) is 3.71. The molecule has 0 N–H and O–H groups in total. The zero-order valence-corrected chi connectivity index (χ0v) is 13.0. The Morgan fingerprint density at radius 1 is 1.32 bits per heavy atom. The van der Waals surface area contributed by atoms with Crippen LogP contribution in [0.3, 0.4) is 0 Å². The Kier molecular flexibility index (Phi) is 3.67. The van der Waals surface area contributed by atoms with Gasteiger partial charge in [-0.05, 0) is 45.1 Å². The lowest BCUT2D eigenvalue weighted by Gasteiger charge is -1.98. The number of para-hydroxylation sites is 1. The quantitative estimate of drug-likeness (QED) is 0.536. The van der Waals surface area contributed by atoms with E-state index < -0.39 is 0 Å². The topological polar surface area (TPSA) is 48.0 Å². The molecule has 0 unspecified atom stereocenters. The molecule has 0 saturated heterocycles. The maximum Gasteiger partial charge on any atom is 0.221 e. The number of nitrogens with zero attached hydrogens (tertiary/aromatic N) is 2. The van der Waals surface area contributed by atoms with Gasteiger partial charge >= 0.3 is 0 Å². The van der Waals surface area contributed by atoms with Crippen molar-refractivity contribution in [3.05, 3.63) is 59.1 Å². The van der Waals surface area contributed by atoms with E-state index in [9.17, 15) is 4.79 Å². The number of aryl methyl sites for hydroxylation is 2. The van der Waals surface area contributed by atoms with E-state index in [1.165, 1.54) is 0 Å². The number of ketones is 1. The molecular weight excluding hydrogens is 276 g/mol. The predicted octanol–water partition coefficient (Wildman–Crippen LogP) is 4.16.